The summed E-state index contributed by atoms with van der Waals surface area (Å²) in [4.78, 5) is 6.85. The number of hydrogen-bond donors (Lipinski definition) is 2. The first-order valence-corrected chi connectivity index (χ1v) is 7.48. The molecule has 3 N–H and O–H groups in total. The molecule has 0 spiro atoms. The topological polar surface area (TPSA) is 53.6 Å². The number of benzene rings is 1. The minimum atomic E-state index is 0.435. The summed E-state index contributed by atoms with van der Waals surface area (Å²) in [6, 6.07) is 9.48. The fraction of sp³-hybridized carbons (Fsp3) is 0.562. The lowest BCUT2D eigenvalue weighted by Crippen LogP contribution is -2.34. The molecule has 1 fully saturated rings. The Morgan fingerprint density at radius 2 is 2.25 bits per heavy atom. The van der Waals surface area contributed by atoms with Crippen molar-refractivity contribution in [3.05, 3.63) is 29.8 Å². The fourth-order valence-corrected chi connectivity index (χ4v) is 2.26. The zero-order valence-corrected chi connectivity index (χ0v) is 12.8. The summed E-state index contributed by atoms with van der Waals surface area (Å²) >= 11 is 0. The van der Waals surface area contributed by atoms with E-state index in [1.807, 2.05) is 12.1 Å². The molecule has 0 bridgehead atoms. The van der Waals surface area contributed by atoms with Crippen LogP contribution in [0.15, 0.2) is 29.3 Å². The van der Waals surface area contributed by atoms with Crippen LogP contribution in [0.3, 0.4) is 0 Å². The Bertz CT molecular complexity index is 465. The molecular weight excluding hydrogens is 248 g/mol. The van der Waals surface area contributed by atoms with Gasteiger partial charge in [-0.15, -0.1) is 0 Å². The molecule has 4 heteroatoms. The molecule has 0 radical (unpaired) electrons. The van der Waals surface area contributed by atoms with Crippen LogP contribution in [-0.4, -0.2) is 36.5 Å². The molecule has 0 saturated heterocycles. The highest BCUT2D eigenvalue weighted by molar-refractivity contribution is 5.92. The molecule has 110 valence electrons. The van der Waals surface area contributed by atoms with Crippen LogP contribution in [0.2, 0.25) is 0 Å². The van der Waals surface area contributed by atoms with Crippen LogP contribution in [0.1, 0.15) is 32.3 Å². The van der Waals surface area contributed by atoms with Gasteiger partial charge in [-0.2, -0.15) is 0 Å². The molecule has 1 saturated carbocycles. The monoisotopic (exact) mass is 274 g/mol. The zero-order chi connectivity index (χ0) is 14.5. The number of rotatable bonds is 6. The summed E-state index contributed by atoms with van der Waals surface area (Å²) in [5.41, 5.74) is 8.26. The second kappa shape index (κ2) is 6.75. The maximum atomic E-state index is 5.96. The van der Waals surface area contributed by atoms with Crippen LogP contribution in [-0.2, 0) is 6.42 Å². The lowest BCUT2D eigenvalue weighted by Gasteiger charge is -2.22. The first-order valence-electron chi connectivity index (χ1n) is 7.48. The summed E-state index contributed by atoms with van der Waals surface area (Å²) in [6.45, 7) is 5.08. The Kier molecular flexibility index (Phi) is 5.01. The number of nitrogens with one attached hydrogen (secondary N) is 1. The highest BCUT2D eigenvalue weighted by Gasteiger charge is 2.28. The van der Waals surface area contributed by atoms with Crippen molar-refractivity contribution in [1.29, 1.82) is 0 Å². The molecule has 20 heavy (non-hydrogen) atoms. The van der Waals surface area contributed by atoms with Gasteiger partial charge in [0.2, 0.25) is 0 Å². The van der Waals surface area contributed by atoms with Gasteiger partial charge in [-0.25, -0.2) is 0 Å². The van der Waals surface area contributed by atoms with Crippen LogP contribution < -0.4 is 11.1 Å². The van der Waals surface area contributed by atoms with Crippen molar-refractivity contribution in [2.75, 3.05) is 18.9 Å². The van der Waals surface area contributed by atoms with Gasteiger partial charge in [0, 0.05) is 17.8 Å². The number of nitrogens with two attached hydrogens (primary N) is 1. The van der Waals surface area contributed by atoms with Crippen molar-refractivity contribution in [3.63, 3.8) is 0 Å². The first-order chi connectivity index (χ1) is 9.60. The molecule has 1 aliphatic carbocycles. The predicted molar refractivity (Wildman–Crippen MR) is 86.2 cm³/mol. The van der Waals surface area contributed by atoms with E-state index in [-0.39, 0.29) is 0 Å². The van der Waals surface area contributed by atoms with Crippen molar-refractivity contribution in [1.82, 2.24) is 4.90 Å². The number of aliphatic imine (C=N–C) groups is 1. The molecule has 1 aliphatic rings. The summed E-state index contributed by atoms with van der Waals surface area (Å²) < 4.78 is 0. The van der Waals surface area contributed by atoms with E-state index in [0.29, 0.717) is 12.0 Å². The maximum Gasteiger partial charge on any atom is 0.193 e. The van der Waals surface area contributed by atoms with Gasteiger partial charge < -0.3 is 11.1 Å². The third-order valence-corrected chi connectivity index (χ3v) is 3.95. The third-order valence-electron chi connectivity index (χ3n) is 3.95. The summed E-state index contributed by atoms with van der Waals surface area (Å²) in [7, 11) is 2.17. The number of hydrogen-bond acceptors (Lipinski definition) is 2. The standard InChI is InChI=1S/C16H26N4/c1-4-13-6-5-7-14(10-13)19-16(17)18-11-12(2)20(3)15-8-9-15/h5-7,10,12,15H,4,8-9,11H2,1-3H3,(H3,17,18,19). The summed E-state index contributed by atoms with van der Waals surface area (Å²) in [5.74, 6) is 0.495. The smallest absolute Gasteiger partial charge is 0.193 e. The van der Waals surface area contributed by atoms with Crippen molar-refractivity contribution >= 4 is 11.6 Å². The Balaban J connectivity index is 1.86. The highest BCUT2D eigenvalue weighted by atomic mass is 15.2. The van der Waals surface area contributed by atoms with Crippen LogP contribution in [0.5, 0.6) is 0 Å². The van der Waals surface area contributed by atoms with Gasteiger partial charge in [-0.3, -0.25) is 9.89 Å². The van der Waals surface area contributed by atoms with Crippen LogP contribution in [0.25, 0.3) is 0 Å². The van der Waals surface area contributed by atoms with Crippen LogP contribution in [0, 0.1) is 0 Å². The largest absolute Gasteiger partial charge is 0.370 e. The average Bonchev–Trinajstić information content (AvgIpc) is 3.28. The minimum absolute atomic E-state index is 0.435. The Morgan fingerprint density at radius 3 is 2.90 bits per heavy atom. The van der Waals surface area contributed by atoms with Crippen molar-refractivity contribution in [3.8, 4) is 0 Å². The number of guanidine groups is 1. The number of nitrogens with zero attached hydrogens (tertiary/aromatic N) is 2. The molecule has 0 aromatic heterocycles. The number of aryl methyl sites for hydroxylation is 1. The molecule has 0 heterocycles. The lowest BCUT2D eigenvalue weighted by molar-refractivity contribution is 0.253. The molecule has 1 aromatic carbocycles. The van der Waals surface area contributed by atoms with Crippen molar-refractivity contribution in [2.45, 2.75) is 45.2 Å². The summed E-state index contributed by atoms with van der Waals surface area (Å²) in [6.07, 6.45) is 3.67. The fourth-order valence-electron chi connectivity index (χ4n) is 2.26. The van der Waals surface area contributed by atoms with Gasteiger partial charge in [0.05, 0.1) is 6.54 Å². The SMILES string of the molecule is CCc1cccc(NC(N)=NCC(C)N(C)C2CC2)c1. The van der Waals surface area contributed by atoms with Gasteiger partial charge >= 0.3 is 0 Å². The molecule has 1 unspecified atom stereocenters. The Labute approximate surface area is 122 Å². The molecule has 1 atom stereocenters. The van der Waals surface area contributed by atoms with E-state index in [4.69, 9.17) is 5.73 Å². The van der Waals surface area contributed by atoms with Gasteiger partial charge in [-0.05, 0) is 50.9 Å². The zero-order valence-electron chi connectivity index (χ0n) is 12.8. The molecule has 2 rings (SSSR count). The van der Waals surface area contributed by atoms with Gasteiger partial charge in [0.1, 0.15) is 0 Å². The second-order valence-corrected chi connectivity index (χ2v) is 5.65. The lowest BCUT2D eigenvalue weighted by atomic mass is 10.1. The highest BCUT2D eigenvalue weighted by Crippen LogP contribution is 2.26. The second-order valence-electron chi connectivity index (χ2n) is 5.65. The van der Waals surface area contributed by atoms with E-state index in [0.717, 1.165) is 24.7 Å². The number of anilines is 1. The van der Waals surface area contributed by atoms with Crippen molar-refractivity contribution in [2.24, 2.45) is 10.7 Å². The van der Waals surface area contributed by atoms with E-state index in [1.165, 1.54) is 18.4 Å². The van der Waals surface area contributed by atoms with Gasteiger partial charge in [-0.1, -0.05) is 19.1 Å². The Hall–Kier alpha value is -1.55. The molecule has 0 aliphatic heterocycles. The van der Waals surface area contributed by atoms with E-state index in [9.17, 15) is 0 Å². The third kappa shape index (κ3) is 4.23. The van der Waals surface area contributed by atoms with Gasteiger partial charge in [0.25, 0.3) is 0 Å². The van der Waals surface area contributed by atoms with Crippen molar-refractivity contribution < 1.29 is 0 Å². The molecular formula is C16H26N4. The van der Waals surface area contributed by atoms with E-state index >= 15 is 0 Å². The maximum absolute atomic E-state index is 5.96. The quantitative estimate of drug-likeness (QED) is 0.619. The normalized spacial score (nSPS) is 17.3. The molecule has 4 nitrogen and oxygen atoms in total. The van der Waals surface area contributed by atoms with Gasteiger partial charge in [0.15, 0.2) is 5.96 Å². The number of likely N-dealkylation sites (N-methyl/N-ethyl adjacent to an activating group) is 1. The Morgan fingerprint density at radius 1 is 1.50 bits per heavy atom. The molecule has 1 aromatic rings. The first kappa shape index (κ1) is 14.9. The van der Waals surface area contributed by atoms with Crippen LogP contribution in [0.4, 0.5) is 5.69 Å². The van der Waals surface area contributed by atoms with E-state index < -0.39 is 0 Å². The average molecular weight is 274 g/mol. The predicted octanol–water partition coefficient (Wildman–Crippen LogP) is 2.46. The van der Waals surface area contributed by atoms with E-state index in [1.54, 1.807) is 0 Å². The minimum Gasteiger partial charge on any atom is -0.370 e. The molecule has 0 amide bonds. The van der Waals surface area contributed by atoms with Crippen LogP contribution >= 0.6 is 0 Å². The summed E-state index contributed by atoms with van der Waals surface area (Å²) in [5, 5.41) is 3.16. The van der Waals surface area contributed by atoms with E-state index in [2.05, 4.69) is 48.2 Å².